The topological polar surface area (TPSA) is 73.2 Å². The van der Waals surface area contributed by atoms with E-state index < -0.39 is 17.9 Å². The fourth-order valence-corrected chi connectivity index (χ4v) is 2.94. The summed E-state index contributed by atoms with van der Waals surface area (Å²) in [5.41, 5.74) is 2.97. The number of nitrogens with zero attached hydrogens (tertiary/aromatic N) is 2. The van der Waals surface area contributed by atoms with E-state index in [2.05, 4.69) is 10.4 Å². The number of esters is 1. The van der Waals surface area contributed by atoms with E-state index in [0.717, 1.165) is 5.56 Å². The van der Waals surface area contributed by atoms with Gasteiger partial charge in [0, 0.05) is 0 Å². The Hall–Kier alpha value is -2.34. The zero-order valence-electron chi connectivity index (χ0n) is 15.7. The summed E-state index contributed by atoms with van der Waals surface area (Å²) in [7, 11) is 1.29. The van der Waals surface area contributed by atoms with E-state index in [1.807, 2.05) is 45.0 Å². The quantitative estimate of drug-likeness (QED) is 0.785. The molecule has 1 aromatic carbocycles. The van der Waals surface area contributed by atoms with Crippen LogP contribution in [0.25, 0.3) is 0 Å². The number of nitrogens with one attached hydrogen (secondary N) is 1. The predicted molar refractivity (Wildman–Crippen MR) is 100 cm³/mol. The molecule has 1 heterocycles. The van der Waals surface area contributed by atoms with Crippen LogP contribution in [-0.4, -0.2) is 34.8 Å². The molecule has 0 aliphatic rings. The van der Waals surface area contributed by atoms with E-state index in [0.29, 0.717) is 12.2 Å². The van der Waals surface area contributed by atoms with Gasteiger partial charge in [0.1, 0.15) is 11.2 Å². The first-order valence-corrected chi connectivity index (χ1v) is 8.79. The van der Waals surface area contributed by atoms with Gasteiger partial charge in [-0.15, -0.1) is 0 Å². The fourth-order valence-electron chi connectivity index (χ4n) is 2.62. The van der Waals surface area contributed by atoms with Crippen molar-refractivity contribution in [2.24, 2.45) is 5.92 Å². The summed E-state index contributed by atoms with van der Waals surface area (Å²) in [5, 5.41) is 7.32. The Kier molecular flexibility index (Phi) is 6.42. The smallest absolute Gasteiger partial charge is 0.328 e. The highest BCUT2D eigenvalue weighted by molar-refractivity contribution is 6.33. The van der Waals surface area contributed by atoms with E-state index in [1.165, 1.54) is 12.7 Å². The number of amides is 1. The maximum atomic E-state index is 12.7. The van der Waals surface area contributed by atoms with Gasteiger partial charge in [-0.3, -0.25) is 4.79 Å². The average Bonchev–Trinajstić information content (AvgIpc) is 2.87. The van der Waals surface area contributed by atoms with Gasteiger partial charge in [0.05, 0.1) is 24.9 Å². The van der Waals surface area contributed by atoms with Gasteiger partial charge in [-0.2, -0.15) is 5.10 Å². The average molecular weight is 378 g/mol. The number of halogens is 1. The molecule has 2 rings (SSSR count). The molecule has 7 heteroatoms. The van der Waals surface area contributed by atoms with E-state index >= 15 is 0 Å². The Balaban J connectivity index is 2.24. The molecule has 0 saturated carbocycles. The van der Waals surface area contributed by atoms with Gasteiger partial charge < -0.3 is 10.1 Å². The van der Waals surface area contributed by atoms with Crippen LogP contribution in [0.15, 0.2) is 24.3 Å². The van der Waals surface area contributed by atoms with Crippen LogP contribution in [0.1, 0.15) is 41.0 Å². The molecule has 2 aromatic rings. The second-order valence-corrected chi connectivity index (χ2v) is 6.97. The Labute approximate surface area is 158 Å². The lowest BCUT2D eigenvalue weighted by atomic mass is 10.0. The maximum Gasteiger partial charge on any atom is 0.328 e. The number of ether oxygens (including phenoxy) is 1. The zero-order valence-corrected chi connectivity index (χ0v) is 16.4. The summed E-state index contributed by atoms with van der Waals surface area (Å²) in [6.45, 7) is 7.85. The molecule has 1 amide bonds. The van der Waals surface area contributed by atoms with Gasteiger partial charge >= 0.3 is 5.97 Å². The lowest BCUT2D eigenvalue weighted by molar-refractivity contribution is -0.144. The lowest BCUT2D eigenvalue weighted by Crippen LogP contribution is -2.45. The van der Waals surface area contributed by atoms with Crippen LogP contribution < -0.4 is 5.32 Å². The molecular formula is C19H24ClN3O3. The Morgan fingerprint density at radius 1 is 1.23 bits per heavy atom. The third-order valence-corrected chi connectivity index (χ3v) is 4.54. The molecule has 0 bridgehead atoms. The van der Waals surface area contributed by atoms with Crippen LogP contribution in [0.3, 0.4) is 0 Å². The highest BCUT2D eigenvalue weighted by Crippen LogP contribution is 2.21. The molecule has 1 atom stereocenters. The van der Waals surface area contributed by atoms with Crippen molar-refractivity contribution in [1.29, 1.82) is 0 Å². The van der Waals surface area contributed by atoms with Crippen LogP contribution in [-0.2, 0) is 16.1 Å². The van der Waals surface area contributed by atoms with E-state index in [4.69, 9.17) is 16.3 Å². The van der Waals surface area contributed by atoms with Crippen molar-refractivity contribution in [3.63, 3.8) is 0 Å². The van der Waals surface area contributed by atoms with Gasteiger partial charge in [-0.25, -0.2) is 9.48 Å². The van der Waals surface area contributed by atoms with Crippen molar-refractivity contribution in [3.8, 4) is 0 Å². The number of carbonyl (C=O) groups excluding carboxylic acids is 2. The summed E-state index contributed by atoms with van der Waals surface area (Å²) < 4.78 is 6.34. The van der Waals surface area contributed by atoms with Crippen molar-refractivity contribution < 1.29 is 14.3 Å². The molecule has 6 nitrogen and oxygen atoms in total. The molecule has 1 aromatic heterocycles. The Morgan fingerprint density at radius 2 is 1.85 bits per heavy atom. The SMILES string of the molecule is COC(=O)[C@@H](NC(=O)c1c(C)nn(Cc2ccc(C)cc2)c1Cl)C(C)C. The highest BCUT2D eigenvalue weighted by atomic mass is 35.5. The van der Waals surface area contributed by atoms with Crippen LogP contribution in [0.4, 0.5) is 0 Å². The maximum absolute atomic E-state index is 12.7. The zero-order chi connectivity index (χ0) is 19.4. The van der Waals surface area contributed by atoms with E-state index in [1.54, 1.807) is 11.6 Å². The summed E-state index contributed by atoms with van der Waals surface area (Å²) in [6.07, 6.45) is 0. The third-order valence-electron chi connectivity index (χ3n) is 4.15. The predicted octanol–water partition coefficient (Wildman–Crippen LogP) is 3.13. The second-order valence-electron chi connectivity index (χ2n) is 6.61. The minimum atomic E-state index is -0.747. The van der Waals surface area contributed by atoms with Gasteiger partial charge in [0.15, 0.2) is 0 Å². The minimum Gasteiger partial charge on any atom is -0.467 e. The number of aryl methyl sites for hydroxylation is 2. The van der Waals surface area contributed by atoms with Crippen molar-refractivity contribution in [3.05, 3.63) is 51.8 Å². The second kappa shape index (κ2) is 8.36. The molecular weight excluding hydrogens is 354 g/mol. The summed E-state index contributed by atoms with van der Waals surface area (Å²) >= 11 is 6.41. The summed E-state index contributed by atoms with van der Waals surface area (Å²) in [5.74, 6) is -1.05. The van der Waals surface area contributed by atoms with Gasteiger partial charge in [0.25, 0.3) is 5.91 Å². The number of aromatic nitrogens is 2. The molecule has 0 unspecified atom stereocenters. The highest BCUT2D eigenvalue weighted by Gasteiger charge is 2.28. The molecule has 140 valence electrons. The van der Waals surface area contributed by atoms with Crippen molar-refractivity contribution in [1.82, 2.24) is 15.1 Å². The largest absolute Gasteiger partial charge is 0.467 e. The third kappa shape index (κ3) is 4.43. The molecule has 0 aliphatic heterocycles. The molecule has 0 spiro atoms. The van der Waals surface area contributed by atoms with E-state index in [9.17, 15) is 9.59 Å². The monoisotopic (exact) mass is 377 g/mol. The normalized spacial score (nSPS) is 12.1. The van der Waals surface area contributed by atoms with Crippen LogP contribution in [0.5, 0.6) is 0 Å². The fraction of sp³-hybridized carbons (Fsp3) is 0.421. The van der Waals surface area contributed by atoms with Crippen molar-refractivity contribution >= 4 is 23.5 Å². The molecule has 0 saturated heterocycles. The molecule has 26 heavy (non-hydrogen) atoms. The Bertz CT molecular complexity index is 797. The first kappa shape index (κ1) is 20.0. The van der Waals surface area contributed by atoms with Crippen LogP contribution in [0.2, 0.25) is 5.15 Å². The number of carbonyl (C=O) groups is 2. The molecule has 0 fully saturated rings. The van der Waals surface area contributed by atoms with Gasteiger partial charge in [-0.1, -0.05) is 55.3 Å². The number of hydrogen-bond donors (Lipinski definition) is 1. The minimum absolute atomic E-state index is 0.118. The molecule has 0 aliphatic carbocycles. The molecule has 1 N–H and O–H groups in total. The van der Waals surface area contributed by atoms with Crippen molar-refractivity contribution in [2.45, 2.75) is 40.3 Å². The number of hydrogen-bond acceptors (Lipinski definition) is 4. The first-order chi connectivity index (χ1) is 12.2. The number of rotatable bonds is 6. The number of benzene rings is 1. The van der Waals surface area contributed by atoms with Gasteiger partial charge in [-0.05, 0) is 25.3 Å². The van der Waals surface area contributed by atoms with Crippen LogP contribution >= 0.6 is 11.6 Å². The standard InChI is InChI=1S/C19H24ClN3O3/c1-11(2)16(19(25)26-5)21-18(24)15-13(4)22-23(17(15)20)10-14-8-6-12(3)7-9-14/h6-9,11,16H,10H2,1-5H3,(H,21,24)/t16-/m0/s1. The number of methoxy groups -OCH3 is 1. The molecule has 0 radical (unpaired) electrons. The summed E-state index contributed by atoms with van der Waals surface area (Å²) in [4.78, 5) is 24.5. The van der Waals surface area contributed by atoms with Gasteiger partial charge in [0.2, 0.25) is 0 Å². The Morgan fingerprint density at radius 3 is 2.38 bits per heavy atom. The van der Waals surface area contributed by atoms with Crippen LogP contribution in [0, 0.1) is 19.8 Å². The van der Waals surface area contributed by atoms with Crippen molar-refractivity contribution in [2.75, 3.05) is 7.11 Å². The van der Waals surface area contributed by atoms with E-state index in [-0.39, 0.29) is 16.6 Å². The lowest BCUT2D eigenvalue weighted by Gasteiger charge is -2.19. The first-order valence-electron chi connectivity index (χ1n) is 8.41. The summed E-state index contributed by atoms with van der Waals surface area (Å²) in [6, 6.07) is 7.26.